The number of rotatable bonds is 12. The number of pyridine rings is 6. The van der Waals surface area contributed by atoms with E-state index in [1.54, 1.807) is 103 Å². The maximum Gasteiger partial charge on any atom is 0.410 e. The third kappa shape index (κ3) is 12.7. The number of amides is 5. The molecule has 0 radical (unpaired) electrons. The van der Waals surface area contributed by atoms with Crippen LogP contribution in [0.25, 0.3) is 44.1 Å². The summed E-state index contributed by atoms with van der Waals surface area (Å²) in [5.74, 6) is -0.544. The molecule has 2 aromatic carbocycles. The van der Waals surface area contributed by atoms with E-state index in [4.69, 9.17) is 14.2 Å². The molecule has 2 aliphatic rings. The van der Waals surface area contributed by atoms with Gasteiger partial charge in [0.1, 0.15) is 46.3 Å². The fraction of sp³-hybridized carbons (Fsp3) is 0.271. The number of nitrogens with one attached hydrogen (secondary N) is 5. The number of carbonyl (C=O) groups is 5. The number of aromatic nitrogens is 6. The fourth-order valence-electron chi connectivity index (χ4n) is 8.89. The lowest BCUT2D eigenvalue weighted by Crippen LogP contribution is -2.45. The molecule has 2 unspecified atom stereocenters. The number of hydrogen-bond donors (Lipinski definition) is 5. The van der Waals surface area contributed by atoms with Crippen LogP contribution < -0.4 is 26.6 Å². The summed E-state index contributed by atoms with van der Waals surface area (Å²) < 4.78 is 16.3. The maximum atomic E-state index is 13.3. The summed E-state index contributed by atoms with van der Waals surface area (Å²) in [5, 5.41) is 16.1. The second-order valence-corrected chi connectivity index (χ2v) is 20.2. The van der Waals surface area contributed by atoms with Crippen molar-refractivity contribution in [3.63, 3.8) is 0 Å². The highest BCUT2D eigenvalue weighted by molar-refractivity contribution is 6.06. The largest absolute Gasteiger partial charge is 0.444 e. The summed E-state index contributed by atoms with van der Waals surface area (Å²) in [6.45, 7) is 14.5. The van der Waals surface area contributed by atoms with Gasteiger partial charge in [-0.2, -0.15) is 0 Å². The van der Waals surface area contributed by atoms with Gasteiger partial charge in [-0.05, 0) is 161 Å². The van der Waals surface area contributed by atoms with Crippen LogP contribution >= 0.6 is 0 Å². The zero-order chi connectivity index (χ0) is 56.1. The Kier molecular flexibility index (Phi) is 16.1. The Hall–Kier alpha value is -9.11. The minimum Gasteiger partial charge on any atom is -0.444 e. The predicted molar refractivity (Wildman–Crippen MR) is 300 cm³/mol. The fourth-order valence-corrected chi connectivity index (χ4v) is 8.89. The summed E-state index contributed by atoms with van der Waals surface area (Å²) in [5.41, 5.74) is 10.5. The van der Waals surface area contributed by atoms with Crippen molar-refractivity contribution >= 4 is 74.8 Å². The van der Waals surface area contributed by atoms with E-state index in [0.29, 0.717) is 43.6 Å². The van der Waals surface area contributed by atoms with Crippen LogP contribution in [0.5, 0.6) is 0 Å². The SMILES string of the molecule is CNC(C)C(=O)Nc1cc(-c2c(C)ccc3ncccc23)cc(NC(=O)c2cc3c(cn2)COC3)n1.Cc1ccc2ncccc2c1-c1cc(NC(=O)c2cc3c(cn2)COC3)nc(NC(=O)C(C)N(C)C(=O)OC(C)(C)C)c1. The van der Waals surface area contributed by atoms with Crippen molar-refractivity contribution in [1.29, 1.82) is 0 Å². The summed E-state index contributed by atoms with van der Waals surface area (Å²) in [7, 11) is 3.20. The van der Waals surface area contributed by atoms with Gasteiger partial charge in [-0.25, -0.2) is 14.8 Å². The molecular weight excluding hydrogens is 1000 g/mol. The number of nitrogens with zero attached hydrogens (tertiary/aromatic N) is 7. The number of ether oxygens (including phenoxy) is 3. The number of aryl methyl sites for hydroxylation is 2. The highest BCUT2D eigenvalue weighted by Crippen LogP contribution is 2.36. The van der Waals surface area contributed by atoms with Gasteiger partial charge in [0, 0.05) is 53.7 Å². The van der Waals surface area contributed by atoms with Crippen molar-refractivity contribution in [2.24, 2.45) is 0 Å². The lowest BCUT2D eigenvalue weighted by Gasteiger charge is -2.28. The Morgan fingerprint density at radius 3 is 1.46 bits per heavy atom. The topological polar surface area (TPSA) is 254 Å². The molecule has 0 saturated carbocycles. The third-order valence-corrected chi connectivity index (χ3v) is 13.3. The molecule has 2 aliphatic heterocycles. The molecule has 5 N–H and O–H groups in total. The molecule has 0 saturated heterocycles. The third-order valence-electron chi connectivity index (χ3n) is 13.3. The molecular formula is C59H60N12O8. The summed E-state index contributed by atoms with van der Waals surface area (Å²) in [6, 6.07) is 24.8. The van der Waals surface area contributed by atoms with Crippen molar-refractivity contribution in [1.82, 2.24) is 40.1 Å². The minimum absolute atomic E-state index is 0.192. The predicted octanol–water partition coefficient (Wildman–Crippen LogP) is 9.31. The standard InChI is InChI=1S/C32H34N6O5.C27H26N6O3/c1-18-9-10-24-23(8-7-11-33-24)28(18)20-13-26(36-29(39)19(2)38(6)31(41)43-32(3,4)5)35-27(14-20)37-30(40)25-12-21-16-42-17-22(21)15-34-25;1-15-6-7-21-20(5-4-8-29-21)25(15)17-10-23(32-26(34)16(2)28-3)31-24(11-17)33-27(35)22-9-18-13-36-14-19(18)12-30-22/h7-15,19H,16-17H2,1-6H3,(H2,35,36,37,39,40);4-12,16,28H,13-14H2,1-3H3,(H2,31,32,33,34,35). The second kappa shape index (κ2) is 23.2. The molecule has 2 atom stereocenters. The van der Waals surface area contributed by atoms with Crippen LogP contribution in [0.3, 0.4) is 0 Å². The first-order valence-electron chi connectivity index (χ1n) is 25.5. The first-order chi connectivity index (χ1) is 37.8. The average molecular weight is 1070 g/mol. The average Bonchev–Trinajstić information content (AvgIpc) is 4.17. The lowest BCUT2D eigenvalue weighted by atomic mass is 9.96. The van der Waals surface area contributed by atoms with Crippen LogP contribution in [-0.4, -0.2) is 96.3 Å². The molecule has 20 heteroatoms. The molecule has 8 heterocycles. The van der Waals surface area contributed by atoms with E-state index < -0.39 is 41.5 Å². The Balaban J connectivity index is 0.000000195. The van der Waals surface area contributed by atoms with Gasteiger partial charge in [-0.15, -0.1) is 0 Å². The monoisotopic (exact) mass is 1060 g/mol. The number of likely N-dealkylation sites (N-methyl/N-ethyl adjacent to an activating group) is 2. The van der Waals surface area contributed by atoms with Gasteiger partial charge in [0.15, 0.2) is 0 Å². The van der Waals surface area contributed by atoms with Gasteiger partial charge in [0.25, 0.3) is 11.8 Å². The molecule has 404 valence electrons. The number of anilines is 4. The minimum atomic E-state index is -0.875. The highest BCUT2D eigenvalue weighted by Gasteiger charge is 2.28. The van der Waals surface area contributed by atoms with Crippen LogP contribution in [0.2, 0.25) is 0 Å². The van der Waals surface area contributed by atoms with E-state index in [0.717, 1.165) is 71.9 Å². The van der Waals surface area contributed by atoms with E-state index >= 15 is 0 Å². The van der Waals surface area contributed by atoms with Crippen molar-refractivity contribution in [2.75, 3.05) is 35.4 Å². The van der Waals surface area contributed by atoms with E-state index in [-0.39, 0.29) is 28.9 Å². The summed E-state index contributed by atoms with van der Waals surface area (Å²) in [4.78, 5) is 92.6. The van der Waals surface area contributed by atoms with Gasteiger partial charge < -0.3 is 40.8 Å². The van der Waals surface area contributed by atoms with E-state index in [1.165, 1.54) is 11.9 Å². The van der Waals surface area contributed by atoms with Gasteiger partial charge in [-0.1, -0.05) is 24.3 Å². The van der Waals surface area contributed by atoms with Crippen LogP contribution in [0.4, 0.5) is 28.1 Å². The first-order valence-corrected chi connectivity index (χ1v) is 25.5. The van der Waals surface area contributed by atoms with Crippen molar-refractivity contribution in [3.05, 3.63) is 154 Å². The van der Waals surface area contributed by atoms with Gasteiger partial charge >= 0.3 is 6.09 Å². The Morgan fingerprint density at radius 2 is 1.01 bits per heavy atom. The molecule has 0 fully saturated rings. The van der Waals surface area contributed by atoms with Gasteiger partial charge in [-0.3, -0.25) is 44.0 Å². The highest BCUT2D eigenvalue weighted by atomic mass is 16.6. The lowest BCUT2D eigenvalue weighted by molar-refractivity contribution is -0.120. The Labute approximate surface area is 456 Å². The van der Waals surface area contributed by atoms with E-state index in [1.807, 2.05) is 62.4 Å². The van der Waals surface area contributed by atoms with Crippen molar-refractivity contribution in [3.8, 4) is 22.3 Å². The summed E-state index contributed by atoms with van der Waals surface area (Å²) in [6.07, 6.45) is 6.15. The summed E-state index contributed by atoms with van der Waals surface area (Å²) >= 11 is 0. The number of benzene rings is 2. The number of fused-ring (bicyclic) bond motifs is 4. The second-order valence-electron chi connectivity index (χ2n) is 20.2. The number of carbonyl (C=O) groups excluding carboxylic acids is 5. The zero-order valence-corrected chi connectivity index (χ0v) is 45.3. The van der Waals surface area contributed by atoms with Crippen LogP contribution in [0.1, 0.15) is 89.0 Å². The van der Waals surface area contributed by atoms with Crippen molar-refractivity contribution < 1.29 is 38.2 Å². The molecule has 0 bridgehead atoms. The molecule has 6 aromatic heterocycles. The normalized spacial score (nSPS) is 13.3. The van der Waals surface area contributed by atoms with E-state index in [9.17, 15) is 24.0 Å². The molecule has 0 aliphatic carbocycles. The van der Waals surface area contributed by atoms with Gasteiger partial charge in [0.2, 0.25) is 11.8 Å². The van der Waals surface area contributed by atoms with Crippen LogP contribution in [-0.2, 0) is 50.2 Å². The molecule has 8 aromatic rings. The first kappa shape index (κ1) is 54.7. The number of hydrogen-bond acceptors (Lipinski definition) is 15. The van der Waals surface area contributed by atoms with Crippen LogP contribution in [0.15, 0.2) is 110 Å². The van der Waals surface area contributed by atoms with Crippen LogP contribution in [0, 0.1) is 13.8 Å². The Morgan fingerprint density at radius 1 is 0.582 bits per heavy atom. The molecule has 5 amide bonds. The maximum absolute atomic E-state index is 13.3. The molecule has 10 rings (SSSR count). The quantitative estimate of drug-likeness (QED) is 0.0764. The van der Waals surface area contributed by atoms with Gasteiger partial charge in [0.05, 0.1) is 43.5 Å². The molecule has 20 nitrogen and oxygen atoms in total. The zero-order valence-electron chi connectivity index (χ0n) is 45.3. The van der Waals surface area contributed by atoms with Crippen molar-refractivity contribution in [2.45, 2.75) is 92.6 Å². The smallest absolute Gasteiger partial charge is 0.410 e. The molecule has 0 spiro atoms. The Bertz CT molecular complexity index is 3700. The molecule has 79 heavy (non-hydrogen) atoms. The van der Waals surface area contributed by atoms with E-state index in [2.05, 4.69) is 56.5 Å².